The molecule has 582 valence electrons. The molecule has 0 radical (unpaired) electrons. The van der Waals surface area contributed by atoms with Gasteiger partial charge in [0.05, 0.1) is 26.4 Å². The molecule has 0 aliphatic rings. The Hall–Kier alpha value is -1.94. The maximum atomic E-state index is 13.1. The molecule has 98 heavy (non-hydrogen) atoms. The van der Waals surface area contributed by atoms with Crippen molar-refractivity contribution in [1.29, 1.82) is 0 Å². The number of ether oxygens (including phenoxy) is 4. The second-order valence-corrected chi connectivity index (χ2v) is 32.1. The summed E-state index contributed by atoms with van der Waals surface area (Å²) in [4.78, 5) is 72.6. The number of aliphatic hydroxyl groups is 1. The van der Waals surface area contributed by atoms with Crippen molar-refractivity contribution in [2.45, 2.75) is 432 Å². The van der Waals surface area contributed by atoms with E-state index in [-0.39, 0.29) is 25.7 Å². The topological polar surface area (TPSA) is 237 Å². The van der Waals surface area contributed by atoms with Crippen LogP contribution in [0.1, 0.15) is 414 Å². The predicted molar refractivity (Wildman–Crippen MR) is 400 cm³/mol. The first-order chi connectivity index (χ1) is 47.4. The minimum absolute atomic E-state index is 0.104. The molecule has 6 atom stereocenters. The van der Waals surface area contributed by atoms with Crippen LogP contribution in [0.5, 0.6) is 0 Å². The molecular formula is C79H154O17P2. The highest BCUT2D eigenvalue weighted by Gasteiger charge is 2.30. The van der Waals surface area contributed by atoms with E-state index in [1.165, 1.54) is 225 Å². The average Bonchev–Trinajstić information content (AvgIpc) is 1.62. The zero-order chi connectivity index (χ0) is 72.1. The Morgan fingerprint density at radius 3 is 0.776 bits per heavy atom. The van der Waals surface area contributed by atoms with Crippen LogP contribution in [-0.2, 0) is 65.4 Å². The van der Waals surface area contributed by atoms with Crippen LogP contribution >= 0.6 is 15.6 Å². The van der Waals surface area contributed by atoms with E-state index < -0.39 is 97.5 Å². The molecule has 0 spiro atoms. The van der Waals surface area contributed by atoms with Gasteiger partial charge >= 0.3 is 39.5 Å². The van der Waals surface area contributed by atoms with Gasteiger partial charge in [-0.05, 0) is 37.5 Å². The van der Waals surface area contributed by atoms with E-state index in [0.717, 1.165) is 108 Å². The fraction of sp³-hybridized carbons (Fsp3) is 0.949. The molecule has 0 fully saturated rings. The Labute approximate surface area is 600 Å². The smallest absolute Gasteiger partial charge is 0.462 e. The van der Waals surface area contributed by atoms with Crippen LogP contribution in [0.4, 0.5) is 0 Å². The van der Waals surface area contributed by atoms with Gasteiger partial charge in [-0.1, -0.05) is 363 Å². The average molecular weight is 1440 g/mol. The SMILES string of the molecule is CCCCCCCCCCCCCCCCCCCCCCC(=O)OC[C@H](COP(=O)(O)OC[C@@H](O)COP(=O)(O)OC[C@@H](COC(=O)CCCCCCC)OC(=O)CCCCCCCCCCC(C)CC)OC(=O)CCCCCCCCCCCCCCCCCCCCC(C)C. The second kappa shape index (κ2) is 70.7. The number of hydrogen-bond acceptors (Lipinski definition) is 15. The van der Waals surface area contributed by atoms with Gasteiger partial charge in [-0.25, -0.2) is 9.13 Å². The summed E-state index contributed by atoms with van der Waals surface area (Å²) < 4.78 is 68.4. The molecule has 0 saturated heterocycles. The summed E-state index contributed by atoms with van der Waals surface area (Å²) in [7, 11) is -9.90. The largest absolute Gasteiger partial charge is 0.472 e. The van der Waals surface area contributed by atoms with Crippen LogP contribution in [0, 0.1) is 11.8 Å². The summed E-state index contributed by atoms with van der Waals surface area (Å²) in [6.07, 6.45) is 60.3. The quantitative estimate of drug-likeness (QED) is 0.0222. The van der Waals surface area contributed by atoms with Crippen molar-refractivity contribution in [2.75, 3.05) is 39.6 Å². The molecule has 3 unspecified atom stereocenters. The summed E-state index contributed by atoms with van der Waals surface area (Å²) in [6.45, 7) is 9.55. The predicted octanol–water partition coefficient (Wildman–Crippen LogP) is 23.5. The van der Waals surface area contributed by atoms with E-state index in [9.17, 15) is 43.2 Å². The number of phosphoric ester groups is 2. The molecule has 0 aromatic carbocycles. The zero-order valence-corrected chi connectivity index (χ0v) is 65.9. The summed E-state index contributed by atoms with van der Waals surface area (Å²) in [6, 6.07) is 0. The van der Waals surface area contributed by atoms with E-state index in [1.807, 2.05) is 0 Å². The van der Waals surface area contributed by atoms with Crippen molar-refractivity contribution in [3.8, 4) is 0 Å². The first kappa shape index (κ1) is 96.1. The highest BCUT2D eigenvalue weighted by Crippen LogP contribution is 2.45. The van der Waals surface area contributed by atoms with Gasteiger partial charge in [-0.15, -0.1) is 0 Å². The first-order valence-electron chi connectivity index (χ1n) is 41.0. The van der Waals surface area contributed by atoms with Crippen LogP contribution in [0.25, 0.3) is 0 Å². The standard InChI is InChI=1S/C79H154O17P2/c1-7-10-12-14-15-16-17-18-19-20-21-22-26-29-32-35-38-44-50-56-62-77(82)90-68-75(96-78(83)63-57-51-45-39-36-33-30-27-24-23-25-28-31-34-37-42-48-53-59-71(4)5)70-94-98(87,88)92-66-73(80)65-91-97(85,86)93-69-74(67-89-76(81)61-55-47-13-11-8-2)95-79(84)64-58-52-46-41-40-43-49-54-60-72(6)9-3/h71-75,80H,7-70H2,1-6H3,(H,85,86)(H,87,88)/t72?,73-,74+,75+/m0/s1. The lowest BCUT2D eigenvalue weighted by Crippen LogP contribution is -2.30. The maximum absolute atomic E-state index is 13.1. The van der Waals surface area contributed by atoms with Gasteiger partial charge in [0.15, 0.2) is 12.2 Å². The first-order valence-corrected chi connectivity index (χ1v) is 44.0. The van der Waals surface area contributed by atoms with E-state index in [4.69, 9.17) is 37.0 Å². The maximum Gasteiger partial charge on any atom is 0.472 e. The van der Waals surface area contributed by atoms with Crippen molar-refractivity contribution in [1.82, 2.24) is 0 Å². The van der Waals surface area contributed by atoms with Crippen LogP contribution in [0.2, 0.25) is 0 Å². The third-order valence-corrected chi connectivity index (χ3v) is 20.7. The lowest BCUT2D eigenvalue weighted by atomic mass is 9.99. The number of carbonyl (C=O) groups is 4. The number of hydrogen-bond donors (Lipinski definition) is 3. The van der Waals surface area contributed by atoms with Crippen molar-refractivity contribution < 1.29 is 80.2 Å². The molecule has 0 saturated carbocycles. The summed E-state index contributed by atoms with van der Waals surface area (Å²) >= 11 is 0. The van der Waals surface area contributed by atoms with Gasteiger partial charge in [-0.3, -0.25) is 37.3 Å². The van der Waals surface area contributed by atoms with Crippen LogP contribution in [0.15, 0.2) is 0 Å². The molecule has 19 heteroatoms. The molecule has 3 N–H and O–H groups in total. The van der Waals surface area contributed by atoms with Crippen molar-refractivity contribution in [2.24, 2.45) is 11.8 Å². The number of aliphatic hydroxyl groups excluding tert-OH is 1. The summed E-state index contributed by atoms with van der Waals surface area (Å²) in [5.41, 5.74) is 0. The number of carbonyl (C=O) groups excluding carboxylic acids is 4. The van der Waals surface area contributed by atoms with Crippen LogP contribution < -0.4 is 0 Å². The molecule has 0 bridgehead atoms. The molecule has 0 aliphatic carbocycles. The molecule has 17 nitrogen and oxygen atoms in total. The Morgan fingerprint density at radius 2 is 0.520 bits per heavy atom. The highest BCUT2D eigenvalue weighted by molar-refractivity contribution is 7.47. The minimum atomic E-state index is -4.96. The van der Waals surface area contributed by atoms with Gasteiger partial charge in [0, 0.05) is 25.7 Å². The third-order valence-electron chi connectivity index (χ3n) is 18.8. The van der Waals surface area contributed by atoms with Crippen molar-refractivity contribution >= 4 is 39.5 Å². The van der Waals surface area contributed by atoms with E-state index >= 15 is 0 Å². The van der Waals surface area contributed by atoms with Gasteiger partial charge < -0.3 is 33.8 Å². The zero-order valence-electron chi connectivity index (χ0n) is 64.1. The molecule has 0 amide bonds. The Morgan fingerprint density at radius 1 is 0.296 bits per heavy atom. The number of rotatable bonds is 78. The Bertz CT molecular complexity index is 1890. The Kier molecular flexibility index (Phi) is 69.3. The number of unbranched alkanes of at least 4 members (excludes halogenated alkanes) is 47. The molecule has 0 aliphatic heterocycles. The van der Waals surface area contributed by atoms with E-state index in [0.29, 0.717) is 25.7 Å². The number of phosphoric acid groups is 2. The fourth-order valence-corrected chi connectivity index (χ4v) is 13.7. The molecular weight excluding hydrogens is 1280 g/mol. The monoisotopic (exact) mass is 1440 g/mol. The lowest BCUT2D eigenvalue weighted by molar-refractivity contribution is -0.161. The van der Waals surface area contributed by atoms with E-state index in [1.54, 1.807) is 0 Å². The van der Waals surface area contributed by atoms with E-state index in [2.05, 4.69) is 41.5 Å². The van der Waals surface area contributed by atoms with Crippen LogP contribution in [-0.4, -0.2) is 96.7 Å². The summed E-state index contributed by atoms with van der Waals surface area (Å²) in [5.74, 6) is -0.536. The van der Waals surface area contributed by atoms with Gasteiger partial charge in [0.1, 0.15) is 19.3 Å². The molecule has 0 heterocycles. The summed E-state index contributed by atoms with van der Waals surface area (Å²) in [5, 5.41) is 10.6. The van der Waals surface area contributed by atoms with Gasteiger partial charge in [-0.2, -0.15) is 0 Å². The van der Waals surface area contributed by atoms with Crippen molar-refractivity contribution in [3.05, 3.63) is 0 Å². The van der Waals surface area contributed by atoms with Crippen molar-refractivity contribution in [3.63, 3.8) is 0 Å². The minimum Gasteiger partial charge on any atom is -0.462 e. The molecule has 0 aromatic heterocycles. The molecule has 0 rings (SSSR count). The highest BCUT2D eigenvalue weighted by atomic mass is 31.2. The lowest BCUT2D eigenvalue weighted by Gasteiger charge is -2.21. The van der Waals surface area contributed by atoms with Crippen LogP contribution in [0.3, 0.4) is 0 Å². The van der Waals surface area contributed by atoms with Gasteiger partial charge in [0.25, 0.3) is 0 Å². The molecule has 0 aromatic rings. The number of esters is 4. The Balaban J connectivity index is 5.11. The normalized spacial score (nSPS) is 14.2. The van der Waals surface area contributed by atoms with Gasteiger partial charge in [0.2, 0.25) is 0 Å². The second-order valence-electron chi connectivity index (χ2n) is 29.2. The third kappa shape index (κ3) is 71.1. The fourth-order valence-electron chi connectivity index (χ4n) is 12.2.